The number of hydrogen-bond acceptors (Lipinski definition) is 3. The number of halogens is 1. The largest absolute Gasteiger partial charge is 0.364 e. The van der Waals surface area contributed by atoms with E-state index in [9.17, 15) is 4.39 Å². The van der Waals surface area contributed by atoms with Crippen molar-refractivity contribution in [3.8, 4) is 0 Å². The lowest BCUT2D eigenvalue weighted by Gasteiger charge is -2.44. The Bertz CT molecular complexity index is 464. The van der Waals surface area contributed by atoms with Gasteiger partial charge < -0.3 is 10.6 Å². The van der Waals surface area contributed by atoms with Crippen molar-refractivity contribution in [1.29, 1.82) is 0 Å². The van der Waals surface area contributed by atoms with Crippen LogP contribution in [0.5, 0.6) is 0 Å². The molecule has 2 N–H and O–H groups in total. The van der Waals surface area contributed by atoms with Gasteiger partial charge in [0.05, 0.1) is 11.2 Å². The molecule has 19 heavy (non-hydrogen) atoms. The molecule has 0 aliphatic carbocycles. The fraction of sp³-hybridized carbons (Fsp3) is 0.600. The van der Waals surface area contributed by atoms with Crippen molar-refractivity contribution in [2.45, 2.75) is 30.8 Å². The molecule has 104 valence electrons. The average molecular weight is 263 g/mol. The summed E-state index contributed by atoms with van der Waals surface area (Å²) in [5.74, 6) is -0.158. The highest BCUT2D eigenvalue weighted by Crippen LogP contribution is 2.41. The van der Waals surface area contributed by atoms with Crippen molar-refractivity contribution in [3.63, 3.8) is 0 Å². The number of fused-ring (bicyclic) bond motifs is 1. The van der Waals surface area contributed by atoms with E-state index in [1.807, 2.05) is 19.2 Å². The Morgan fingerprint density at radius 3 is 2.95 bits per heavy atom. The van der Waals surface area contributed by atoms with E-state index in [1.54, 1.807) is 6.07 Å². The molecule has 0 radical (unpaired) electrons. The van der Waals surface area contributed by atoms with Crippen molar-refractivity contribution in [3.05, 3.63) is 30.1 Å². The summed E-state index contributed by atoms with van der Waals surface area (Å²) in [7, 11) is 1.99. The monoisotopic (exact) mass is 263 g/mol. The van der Waals surface area contributed by atoms with Crippen LogP contribution in [-0.4, -0.2) is 43.2 Å². The summed E-state index contributed by atoms with van der Waals surface area (Å²) in [5, 5.41) is 0. The van der Waals surface area contributed by atoms with E-state index in [2.05, 4.69) is 9.80 Å². The maximum atomic E-state index is 14.0. The van der Waals surface area contributed by atoms with Gasteiger partial charge in [0.1, 0.15) is 5.82 Å². The van der Waals surface area contributed by atoms with Crippen LogP contribution in [0.4, 0.5) is 10.1 Å². The molecule has 4 heteroatoms. The summed E-state index contributed by atoms with van der Waals surface area (Å²) < 4.78 is 14.0. The van der Waals surface area contributed by atoms with Crippen molar-refractivity contribution >= 4 is 5.69 Å². The molecular formula is C15H22FN3. The summed E-state index contributed by atoms with van der Waals surface area (Å²) in [6.45, 7) is 2.83. The van der Waals surface area contributed by atoms with Gasteiger partial charge in [-0.2, -0.15) is 0 Å². The molecule has 2 aliphatic rings. The number of hydrogen-bond donors (Lipinski definition) is 1. The lowest BCUT2D eigenvalue weighted by atomic mass is 9.86. The average Bonchev–Trinajstić information content (AvgIpc) is 3.00. The van der Waals surface area contributed by atoms with Gasteiger partial charge in [-0.15, -0.1) is 0 Å². The smallest absolute Gasteiger partial charge is 0.146 e. The second kappa shape index (κ2) is 4.76. The zero-order valence-electron chi connectivity index (χ0n) is 11.5. The standard InChI is InChI=1S/C15H22FN3/c1-18(13-6-3-2-5-12(13)16)15(11-17)8-10-19-9-4-7-14(15)19/h2-3,5-6,14H,4,7-11,17H2,1H3. The molecule has 2 heterocycles. The van der Waals surface area contributed by atoms with Gasteiger partial charge in [0.15, 0.2) is 0 Å². The van der Waals surface area contributed by atoms with Crippen LogP contribution in [0, 0.1) is 5.82 Å². The molecule has 2 fully saturated rings. The predicted octanol–water partition coefficient (Wildman–Crippen LogP) is 1.83. The van der Waals surface area contributed by atoms with Crippen LogP contribution in [0.3, 0.4) is 0 Å². The van der Waals surface area contributed by atoms with E-state index in [4.69, 9.17) is 5.73 Å². The quantitative estimate of drug-likeness (QED) is 0.903. The SMILES string of the molecule is CN(c1ccccc1F)C1(CN)CCN2CCCC21. The van der Waals surface area contributed by atoms with Crippen LogP contribution >= 0.6 is 0 Å². The molecular weight excluding hydrogens is 241 g/mol. The highest BCUT2D eigenvalue weighted by atomic mass is 19.1. The molecule has 2 atom stereocenters. The number of para-hydroxylation sites is 1. The van der Waals surface area contributed by atoms with E-state index < -0.39 is 0 Å². The summed E-state index contributed by atoms with van der Waals surface area (Å²) in [4.78, 5) is 4.61. The molecule has 3 rings (SSSR count). The zero-order valence-corrected chi connectivity index (χ0v) is 11.5. The number of nitrogens with two attached hydrogens (primary N) is 1. The zero-order chi connectivity index (χ0) is 13.5. The number of nitrogens with zero attached hydrogens (tertiary/aromatic N) is 2. The van der Waals surface area contributed by atoms with Crippen LogP contribution < -0.4 is 10.6 Å². The summed E-state index contributed by atoms with van der Waals surface area (Å²) in [5.41, 5.74) is 6.68. The molecule has 1 aromatic carbocycles. The second-order valence-corrected chi connectivity index (χ2v) is 5.76. The first-order valence-electron chi connectivity index (χ1n) is 7.11. The maximum Gasteiger partial charge on any atom is 0.146 e. The Balaban J connectivity index is 1.96. The van der Waals surface area contributed by atoms with Gasteiger partial charge in [-0.05, 0) is 37.9 Å². The first-order chi connectivity index (χ1) is 9.19. The fourth-order valence-electron chi connectivity index (χ4n) is 3.94. The minimum absolute atomic E-state index is 0.112. The normalized spacial score (nSPS) is 30.6. The van der Waals surface area contributed by atoms with Gasteiger partial charge in [0.25, 0.3) is 0 Å². The molecule has 0 amide bonds. The summed E-state index contributed by atoms with van der Waals surface area (Å²) in [6.07, 6.45) is 3.44. The van der Waals surface area contributed by atoms with E-state index in [0.717, 1.165) is 19.5 Å². The topological polar surface area (TPSA) is 32.5 Å². The Labute approximate surface area is 114 Å². The molecule has 0 bridgehead atoms. The van der Waals surface area contributed by atoms with E-state index in [-0.39, 0.29) is 11.4 Å². The van der Waals surface area contributed by atoms with Crippen molar-refractivity contribution < 1.29 is 4.39 Å². The van der Waals surface area contributed by atoms with Gasteiger partial charge in [0.2, 0.25) is 0 Å². The van der Waals surface area contributed by atoms with E-state index >= 15 is 0 Å². The molecule has 0 spiro atoms. The minimum Gasteiger partial charge on any atom is -0.364 e. The summed E-state index contributed by atoms with van der Waals surface area (Å²) >= 11 is 0. The minimum atomic E-state index is -0.158. The maximum absolute atomic E-state index is 14.0. The van der Waals surface area contributed by atoms with Crippen LogP contribution in [0.1, 0.15) is 19.3 Å². The third-order valence-corrected chi connectivity index (χ3v) is 5.05. The Morgan fingerprint density at radius 2 is 2.21 bits per heavy atom. The highest BCUT2D eigenvalue weighted by molar-refractivity contribution is 5.51. The second-order valence-electron chi connectivity index (χ2n) is 5.76. The van der Waals surface area contributed by atoms with Gasteiger partial charge in [0, 0.05) is 26.2 Å². The molecule has 0 saturated carbocycles. The van der Waals surface area contributed by atoms with Crippen molar-refractivity contribution in [1.82, 2.24) is 4.90 Å². The Kier molecular flexibility index (Phi) is 3.23. The Morgan fingerprint density at radius 1 is 1.42 bits per heavy atom. The van der Waals surface area contributed by atoms with Crippen LogP contribution in [0.25, 0.3) is 0 Å². The first-order valence-corrected chi connectivity index (χ1v) is 7.11. The molecule has 0 aromatic heterocycles. The first kappa shape index (κ1) is 12.9. The van der Waals surface area contributed by atoms with E-state index in [0.29, 0.717) is 18.3 Å². The molecule has 2 unspecified atom stereocenters. The van der Waals surface area contributed by atoms with Crippen LogP contribution in [-0.2, 0) is 0 Å². The van der Waals surface area contributed by atoms with Gasteiger partial charge in [-0.25, -0.2) is 4.39 Å². The summed E-state index contributed by atoms with van der Waals surface area (Å²) in [6, 6.07) is 7.47. The molecule has 1 aromatic rings. The number of benzene rings is 1. The number of likely N-dealkylation sites (N-methyl/N-ethyl adjacent to an activating group) is 1. The van der Waals surface area contributed by atoms with Crippen LogP contribution in [0.2, 0.25) is 0 Å². The van der Waals surface area contributed by atoms with Gasteiger partial charge >= 0.3 is 0 Å². The highest BCUT2D eigenvalue weighted by Gasteiger charge is 2.51. The number of rotatable bonds is 3. The van der Waals surface area contributed by atoms with Gasteiger partial charge in [-0.3, -0.25) is 4.90 Å². The lowest BCUT2D eigenvalue weighted by Crippen LogP contribution is -2.59. The molecule has 2 saturated heterocycles. The lowest BCUT2D eigenvalue weighted by molar-refractivity contribution is 0.261. The van der Waals surface area contributed by atoms with Gasteiger partial charge in [-0.1, -0.05) is 12.1 Å². The third kappa shape index (κ3) is 1.85. The fourth-order valence-corrected chi connectivity index (χ4v) is 3.94. The molecule has 2 aliphatic heterocycles. The Hall–Kier alpha value is -1.13. The van der Waals surface area contributed by atoms with Crippen LogP contribution in [0.15, 0.2) is 24.3 Å². The van der Waals surface area contributed by atoms with E-state index in [1.165, 1.54) is 18.9 Å². The third-order valence-electron chi connectivity index (χ3n) is 5.05. The van der Waals surface area contributed by atoms with Crippen molar-refractivity contribution in [2.75, 3.05) is 31.6 Å². The number of anilines is 1. The molecule has 3 nitrogen and oxygen atoms in total. The predicted molar refractivity (Wildman–Crippen MR) is 75.8 cm³/mol. The van der Waals surface area contributed by atoms with Crippen molar-refractivity contribution in [2.24, 2.45) is 5.73 Å².